The SMILES string of the molecule is Cc1ccc(-c2cnc(SCC(N)=O)n2C)cc1. The van der Waals surface area contributed by atoms with Gasteiger partial charge < -0.3 is 10.3 Å². The molecule has 0 aliphatic rings. The predicted octanol–water partition coefficient (Wildman–Crippen LogP) is 1.97. The van der Waals surface area contributed by atoms with Crippen LogP contribution in [0, 0.1) is 6.92 Å². The summed E-state index contributed by atoms with van der Waals surface area (Å²) in [5.74, 6) is -0.0852. The first kappa shape index (κ1) is 12.7. The average Bonchev–Trinajstić information content (AvgIpc) is 2.69. The summed E-state index contributed by atoms with van der Waals surface area (Å²) in [4.78, 5) is 15.1. The Kier molecular flexibility index (Phi) is 3.72. The number of primary amides is 1. The number of amides is 1. The molecular formula is C13H15N3OS. The van der Waals surface area contributed by atoms with Crippen LogP contribution in [-0.4, -0.2) is 21.2 Å². The lowest BCUT2D eigenvalue weighted by molar-refractivity contribution is -0.115. The Bertz CT molecular complexity index is 560. The van der Waals surface area contributed by atoms with Crippen LogP contribution in [0.5, 0.6) is 0 Å². The van der Waals surface area contributed by atoms with Gasteiger partial charge in [0.2, 0.25) is 5.91 Å². The van der Waals surface area contributed by atoms with Gasteiger partial charge in [0, 0.05) is 7.05 Å². The third kappa shape index (κ3) is 2.73. The predicted molar refractivity (Wildman–Crippen MR) is 73.3 cm³/mol. The van der Waals surface area contributed by atoms with Crippen LogP contribution < -0.4 is 5.73 Å². The fourth-order valence-corrected chi connectivity index (χ4v) is 2.35. The molecule has 0 fully saturated rings. The van der Waals surface area contributed by atoms with E-state index in [9.17, 15) is 4.79 Å². The van der Waals surface area contributed by atoms with Gasteiger partial charge in [-0.1, -0.05) is 41.6 Å². The molecule has 18 heavy (non-hydrogen) atoms. The van der Waals surface area contributed by atoms with Gasteiger partial charge >= 0.3 is 0 Å². The molecule has 1 amide bonds. The Balaban J connectivity index is 2.25. The fraction of sp³-hybridized carbons (Fsp3) is 0.231. The van der Waals surface area contributed by atoms with Gasteiger partial charge in [-0.05, 0) is 12.5 Å². The number of thioether (sulfide) groups is 1. The molecule has 2 N–H and O–H groups in total. The smallest absolute Gasteiger partial charge is 0.227 e. The third-order valence-electron chi connectivity index (χ3n) is 2.64. The second-order valence-corrected chi connectivity index (χ2v) is 5.05. The molecule has 5 heteroatoms. The Morgan fingerprint density at radius 1 is 1.39 bits per heavy atom. The summed E-state index contributed by atoms with van der Waals surface area (Å²) in [6.45, 7) is 2.06. The third-order valence-corrected chi connectivity index (χ3v) is 3.70. The van der Waals surface area contributed by atoms with Crippen LogP contribution in [0.25, 0.3) is 11.3 Å². The molecule has 0 spiro atoms. The van der Waals surface area contributed by atoms with Crippen molar-refractivity contribution in [1.82, 2.24) is 9.55 Å². The van der Waals surface area contributed by atoms with Gasteiger partial charge in [0.05, 0.1) is 17.6 Å². The standard InChI is InChI=1S/C13H15N3OS/c1-9-3-5-10(6-4-9)11-7-15-13(16(11)2)18-8-12(14)17/h3-7H,8H2,1-2H3,(H2,14,17). The van der Waals surface area contributed by atoms with E-state index in [1.54, 1.807) is 0 Å². The largest absolute Gasteiger partial charge is 0.369 e. The summed E-state index contributed by atoms with van der Waals surface area (Å²) in [6.07, 6.45) is 1.81. The molecule has 0 aliphatic heterocycles. The highest BCUT2D eigenvalue weighted by molar-refractivity contribution is 7.99. The maximum absolute atomic E-state index is 10.8. The lowest BCUT2D eigenvalue weighted by atomic mass is 10.1. The number of aryl methyl sites for hydroxylation is 1. The molecule has 0 saturated heterocycles. The first-order chi connectivity index (χ1) is 8.58. The number of carbonyl (C=O) groups excluding carboxylic acids is 1. The van der Waals surface area contributed by atoms with Crippen molar-refractivity contribution in [3.05, 3.63) is 36.0 Å². The molecule has 1 heterocycles. The molecule has 2 rings (SSSR count). The minimum Gasteiger partial charge on any atom is -0.369 e. The zero-order valence-electron chi connectivity index (χ0n) is 10.4. The van der Waals surface area contributed by atoms with E-state index in [1.807, 2.05) is 17.8 Å². The van der Waals surface area contributed by atoms with E-state index < -0.39 is 0 Å². The summed E-state index contributed by atoms with van der Waals surface area (Å²) in [6, 6.07) is 8.26. The van der Waals surface area contributed by atoms with E-state index >= 15 is 0 Å². The second-order valence-electron chi connectivity index (χ2n) is 4.11. The first-order valence-electron chi connectivity index (χ1n) is 5.58. The Morgan fingerprint density at radius 2 is 2.06 bits per heavy atom. The zero-order chi connectivity index (χ0) is 13.1. The van der Waals surface area contributed by atoms with E-state index in [2.05, 4.69) is 36.2 Å². The molecule has 0 bridgehead atoms. The van der Waals surface area contributed by atoms with Crippen molar-refractivity contribution in [3.8, 4) is 11.3 Å². The van der Waals surface area contributed by atoms with Crippen LogP contribution in [0.4, 0.5) is 0 Å². The number of nitrogens with two attached hydrogens (primary N) is 1. The van der Waals surface area contributed by atoms with E-state index in [-0.39, 0.29) is 11.7 Å². The zero-order valence-corrected chi connectivity index (χ0v) is 11.2. The Labute approximate surface area is 110 Å². The highest BCUT2D eigenvalue weighted by atomic mass is 32.2. The van der Waals surface area contributed by atoms with Crippen LogP contribution in [0.15, 0.2) is 35.6 Å². The quantitative estimate of drug-likeness (QED) is 0.856. The van der Waals surface area contributed by atoms with Gasteiger partial charge in [-0.25, -0.2) is 4.98 Å². The number of imidazole rings is 1. The van der Waals surface area contributed by atoms with E-state index in [0.29, 0.717) is 0 Å². The van der Waals surface area contributed by atoms with Crippen molar-refractivity contribution < 1.29 is 4.79 Å². The van der Waals surface area contributed by atoms with Gasteiger partial charge in [-0.15, -0.1) is 0 Å². The number of hydrogen-bond acceptors (Lipinski definition) is 3. The van der Waals surface area contributed by atoms with E-state index in [4.69, 9.17) is 5.73 Å². The lowest BCUT2D eigenvalue weighted by Crippen LogP contribution is -2.13. The maximum atomic E-state index is 10.8. The van der Waals surface area contributed by atoms with E-state index in [1.165, 1.54) is 17.3 Å². The van der Waals surface area contributed by atoms with Gasteiger partial charge in [-0.3, -0.25) is 4.79 Å². The summed E-state index contributed by atoms with van der Waals surface area (Å²) in [7, 11) is 1.94. The molecule has 0 saturated carbocycles. The maximum Gasteiger partial charge on any atom is 0.227 e. The molecule has 94 valence electrons. The topological polar surface area (TPSA) is 60.9 Å². The Morgan fingerprint density at radius 3 is 2.67 bits per heavy atom. The number of benzene rings is 1. The lowest BCUT2D eigenvalue weighted by Gasteiger charge is -2.05. The van der Waals surface area contributed by atoms with E-state index in [0.717, 1.165) is 16.4 Å². The number of rotatable bonds is 4. The summed E-state index contributed by atoms with van der Waals surface area (Å²) in [5, 5.41) is 0.796. The van der Waals surface area contributed by atoms with Crippen LogP contribution in [0.2, 0.25) is 0 Å². The molecule has 0 atom stereocenters. The normalized spacial score (nSPS) is 10.6. The monoisotopic (exact) mass is 261 g/mol. The number of carbonyl (C=O) groups is 1. The van der Waals surface area contributed by atoms with Crippen LogP contribution in [0.3, 0.4) is 0 Å². The molecule has 2 aromatic rings. The molecule has 0 aliphatic carbocycles. The fourth-order valence-electron chi connectivity index (χ4n) is 1.65. The van der Waals surface area contributed by atoms with Gasteiger partial charge in [0.1, 0.15) is 0 Å². The van der Waals surface area contributed by atoms with Gasteiger partial charge in [-0.2, -0.15) is 0 Å². The van der Waals surface area contributed by atoms with Gasteiger partial charge in [0.25, 0.3) is 0 Å². The highest BCUT2D eigenvalue weighted by Crippen LogP contribution is 2.24. The van der Waals surface area contributed by atoms with Crippen LogP contribution in [-0.2, 0) is 11.8 Å². The second kappa shape index (κ2) is 5.27. The van der Waals surface area contributed by atoms with Crippen molar-refractivity contribution in [2.75, 3.05) is 5.75 Å². The minimum absolute atomic E-state index is 0.248. The van der Waals surface area contributed by atoms with Crippen molar-refractivity contribution >= 4 is 17.7 Å². The number of aromatic nitrogens is 2. The highest BCUT2D eigenvalue weighted by Gasteiger charge is 2.09. The van der Waals surface area contributed by atoms with Crippen LogP contribution in [0.1, 0.15) is 5.56 Å². The van der Waals surface area contributed by atoms with Gasteiger partial charge in [0.15, 0.2) is 5.16 Å². The number of hydrogen-bond donors (Lipinski definition) is 1. The molecule has 0 radical (unpaired) electrons. The molecule has 1 aromatic heterocycles. The van der Waals surface area contributed by atoms with Crippen molar-refractivity contribution in [2.24, 2.45) is 12.8 Å². The minimum atomic E-state index is -0.333. The molecule has 0 unspecified atom stereocenters. The van der Waals surface area contributed by atoms with Crippen molar-refractivity contribution in [3.63, 3.8) is 0 Å². The number of nitrogens with zero attached hydrogens (tertiary/aromatic N) is 2. The summed E-state index contributed by atoms with van der Waals surface area (Å²) >= 11 is 1.35. The van der Waals surface area contributed by atoms with Crippen molar-refractivity contribution in [1.29, 1.82) is 0 Å². The first-order valence-corrected chi connectivity index (χ1v) is 6.56. The Hall–Kier alpha value is -1.75. The average molecular weight is 261 g/mol. The molecule has 4 nitrogen and oxygen atoms in total. The summed E-state index contributed by atoms with van der Waals surface area (Å²) in [5.41, 5.74) is 8.50. The van der Waals surface area contributed by atoms with Crippen LogP contribution >= 0.6 is 11.8 Å². The molecule has 1 aromatic carbocycles. The van der Waals surface area contributed by atoms with Crippen molar-refractivity contribution in [2.45, 2.75) is 12.1 Å². The summed E-state index contributed by atoms with van der Waals surface area (Å²) < 4.78 is 1.97. The molecular weight excluding hydrogens is 246 g/mol.